The molecule has 0 aliphatic rings. The molecule has 22 heavy (non-hydrogen) atoms. The van der Waals surface area contributed by atoms with E-state index in [4.69, 9.17) is 0 Å². The first-order valence-electron chi connectivity index (χ1n) is 6.39. The Morgan fingerprint density at radius 3 is 2.45 bits per heavy atom. The molecule has 6 nitrogen and oxygen atoms in total. The molecule has 0 aliphatic carbocycles. The van der Waals surface area contributed by atoms with Gasteiger partial charge >= 0.3 is 0 Å². The van der Waals surface area contributed by atoms with Gasteiger partial charge in [0.2, 0.25) is 0 Å². The number of para-hydroxylation sites is 1. The predicted octanol–water partition coefficient (Wildman–Crippen LogP) is 3.57. The second-order valence-corrected chi connectivity index (χ2v) is 7.12. The topological polar surface area (TPSA) is 80.5 Å². The third kappa shape index (κ3) is 3.12. The van der Waals surface area contributed by atoms with Gasteiger partial charge in [-0.25, -0.2) is 8.42 Å². The fourth-order valence-electron chi connectivity index (χ4n) is 2.07. The molecule has 8 heteroatoms. The van der Waals surface area contributed by atoms with Crippen LogP contribution in [0, 0.1) is 10.1 Å². The quantitative estimate of drug-likeness (QED) is 0.582. The normalized spacial score (nSPS) is 11.2. The van der Waals surface area contributed by atoms with Crippen molar-refractivity contribution in [2.45, 2.75) is 11.8 Å². The lowest BCUT2D eigenvalue weighted by Crippen LogP contribution is -2.31. The number of nitrogens with zero attached hydrogens (tertiary/aromatic N) is 2. The van der Waals surface area contributed by atoms with Crippen LogP contribution in [0.3, 0.4) is 0 Å². The van der Waals surface area contributed by atoms with Crippen LogP contribution in [0.4, 0.5) is 11.4 Å². The van der Waals surface area contributed by atoms with Crippen molar-refractivity contribution in [2.24, 2.45) is 0 Å². The van der Waals surface area contributed by atoms with Crippen molar-refractivity contribution in [3.8, 4) is 0 Å². The lowest BCUT2D eigenvalue weighted by atomic mass is 10.3. The molecule has 0 radical (unpaired) electrons. The van der Waals surface area contributed by atoms with Crippen LogP contribution in [-0.2, 0) is 10.0 Å². The van der Waals surface area contributed by atoms with Crippen molar-refractivity contribution in [1.82, 2.24) is 0 Å². The number of hydrogen-bond donors (Lipinski definition) is 0. The van der Waals surface area contributed by atoms with Crippen LogP contribution in [0.5, 0.6) is 0 Å². The Morgan fingerprint density at radius 2 is 1.86 bits per heavy atom. The Hall–Kier alpha value is -1.93. The highest BCUT2D eigenvalue weighted by Gasteiger charge is 2.30. The van der Waals surface area contributed by atoms with E-state index < -0.39 is 20.6 Å². The minimum atomic E-state index is -4.03. The summed E-state index contributed by atoms with van der Waals surface area (Å²) in [5, 5.41) is 11.1. The molecule has 0 aromatic heterocycles. The highest BCUT2D eigenvalue weighted by molar-refractivity contribution is 9.10. The number of hydrogen-bond acceptors (Lipinski definition) is 4. The summed E-state index contributed by atoms with van der Waals surface area (Å²) in [7, 11) is -4.03. The summed E-state index contributed by atoms with van der Waals surface area (Å²) in [5.74, 6) is 0. The van der Waals surface area contributed by atoms with Gasteiger partial charge in [-0.05, 0) is 31.2 Å². The fourth-order valence-corrected chi connectivity index (χ4v) is 4.08. The first-order valence-corrected chi connectivity index (χ1v) is 8.63. The van der Waals surface area contributed by atoms with Crippen molar-refractivity contribution in [1.29, 1.82) is 0 Å². The lowest BCUT2D eigenvalue weighted by molar-refractivity contribution is -0.387. The van der Waals surface area contributed by atoms with E-state index in [0.29, 0.717) is 5.69 Å². The number of anilines is 1. The van der Waals surface area contributed by atoms with Gasteiger partial charge in [0.15, 0.2) is 4.90 Å². The highest BCUT2D eigenvalue weighted by atomic mass is 79.9. The van der Waals surface area contributed by atoms with Gasteiger partial charge in [-0.2, -0.15) is 0 Å². The Kier molecular flexibility index (Phi) is 4.82. The van der Waals surface area contributed by atoms with Crippen LogP contribution in [0.15, 0.2) is 57.9 Å². The largest absolute Gasteiger partial charge is 0.289 e. The van der Waals surface area contributed by atoms with Gasteiger partial charge in [-0.1, -0.05) is 34.1 Å². The molecule has 0 spiro atoms. The van der Waals surface area contributed by atoms with Gasteiger partial charge in [0, 0.05) is 17.1 Å². The van der Waals surface area contributed by atoms with E-state index in [1.54, 1.807) is 31.2 Å². The second-order valence-electron chi connectivity index (χ2n) is 4.37. The zero-order chi connectivity index (χ0) is 16.3. The van der Waals surface area contributed by atoms with Gasteiger partial charge in [0.25, 0.3) is 15.7 Å². The summed E-state index contributed by atoms with van der Waals surface area (Å²) in [5.41, 5.74) is 0.00553. The van der Waals surface area contributed by atoms with Crippen molar-refractivity contribution in [3.63, 3.8) is 0 Å². The first-order chi connectivity index (χ1) is 10.4. The van der Waals surface area contributed by atoms with Crippen LogP contribution in [-0.4, -0.2) is 19.9 Å². The predicted molar refractivity (Wildman–Crippen MR) is 87.4 cm³/mol. The molecular formula is C14H13BrN2O4S. The molecule has 0 saturated heterocycles. The molecular weight excluding hydrogens is 372 g/mol. The molecule has 0 aliphatic heterocycles. The van der Waals surface area contributed by atoms with Gasteiger partial charge in [0.05, 0.1) is 10.6 Å². The molecule has 0 fully saturated rings. The number of nitro benzene ring substituents is 1. The third-order valence-corrected chi connectivity index (χ3v) is 5.46. The molecule has 0 bridgehead atoms. The highest BCUT2D eigenvalue weighted by Crippen LogP contribution is 2.30. The molecule has 0 saturated carbocycles. The second kappa shape index (κ2) is 6.45. The fraction of sp³-hybridized carbons (Fsp3) is 0.143. The molecule has 0 amide bonds. The van der Waals surface area contributed by atoms with E-state index in [0.717, 1.165) is 8.78 Å². The van der Waals surface area contributed by atoms with Crippen LogP contribution in [0.1, 0.15) is 6.92 Å². The van der Waals surface area contributed by atoms with Crippen LogP contribution >= 0.6 is 15.9 Å². The van der Waals surface area contributed by atoms with Crippen LogP contribution < -0.4 is 4.31 Å². The van der Waals surface area contributed by atoms with Crippen molar-refractivity contribution in [3.05, 3.63) is 63.1 Å². The maximum Gasteiger partial charge on any atom is 0.289 e. The molecule has 0 heterocycles. The number of sulfonamides is 1. The van der Waals surface area contributed by atoms with Crippen LogP contribution in [0.25, 0.3) is 0 Å². The van der Waals surface area contributed by atoms with Gasteiger partial charge in [0.1, 0.15) is 0 Å². The molecule has 2 aromatic rings. The van der Waals surface area contributed by atoms with Gasteiger partial charge in [-0.15, -0.1) is 0 Å². The SMILES string of the molecule is CCN(c1cccc(Br)c1)S(=O)(=O)c1ccccc1[N+](=O)[O-]. The maximum atomic E-state index is 12.8. The summed E-state index contributed by atoms with van der Waals surface area (Å²) in [4.78, 5) is 10.1. The Balaban J connectivity index is 2.60. The molecule has 0 atom stereocenters. The van der Waals surface area contributed by atoms with Crippen LogP contribution in [0.2, 0.25) is 0 Å². The van der Waals surface area contributed by atoms with E-state index in [1.807, 2.05) is 0 Å². The van der Waals surface area contributed by atoms with E-state index in [-0.39, 0.29) is 11.4 Å². The third-order valence-electron chi connectivity index (χ3n) is 3.01. The standard InChI is InChI=1S/C14H13BrN2O4S/c1-2-16(12-7-5-6-11(15)10-12)22(20,21)14-9-4-3-8-13(14)17(18)19/h3-10H,2H2,1H3. The average Bonchev–Trinajstić information content (AvgIpc) is 2.47. The number of halogens is 1. The van der Waals surface area contributed by atoms with Gasteiger partial charge < -0.3 is 0 Å². The van der Waals surface area contributed by atoms with E-state index in [9.17, 15) is 18.5 Å². The van der Waals surface area contributed by atoms with Crippen molar-refractivity contribution < 1.29 is 13.3 Å². The van der Waals surface area contributed by atoms with E-state index in [2.05, 4.69) is 15.9 Å². The molecule has 0 unspecified atom stereocenters. The summed E-state index contributed by atoms with van der Waals surface area (Å²) in [6, 6.07) is 12.1. The lowest BCUT2D eigenvalue weighted by Gasteiger charge is -2.22. The summed E-state index contributed by atoms with van der Waals surface area (Å²) in [6.07, 6.45) is 0. The average molecular weight is 385 g/mol. The first kappa shape index (κ1) is 16.4. The number of rotatable bonds is 5. The minimum absolute atomic E-state index is 0.158. The van der Waals surface area contributed by atoms with E-state index in [1.165, 1.54) is 24.3 Å². The summed E-state index contributed by atoms with van der Waals surface area (Å²) < 4.78 is 27.5. The number of nitro groups is 1. The molecule has 2 aromatic carbocycles. The molecule has 0 N–H and O–H groups in total. The Bertz CT molecular complexity index is 808. The van der Waals surface area contributed by atoms with Crippen molar-refractivity contribution >= 4 is 37.3 Å². The van der Waals surface area contributed by atoms with E-state index >= 15 is 0 Å². The Labute approximate surface area is 136 Å². The summed E-state index contributed by atoms with van der Waals surface area (Å²) >= 11 is 3.29. The zero-order valence-electron chi connectivity index (χ0n) is 11.6. The maximum absolute atomic E-state index is 12.8. The smallest absolute Gasteiger partial charge is 0.266 e. The molecule has 116 valence electrons. The molecule has 2 rings (SSSR count). The van der Waals surface area contributed by atoms with Gasteiger partial charge in [-0.3, -0.25) is 14.4 Å². The zero-order valence-corrected chi connectivity index (χ0v) is 14.0. The minimum Gasteiger partial charge on any atom is -0.266 e. The van der Waals surface area contributed by atoms with Crippen molar-refractivity contribution in [2.75, 3.05) is 10.8 Å². The Morgan fingerprint density at radius 1 is 1.18 bits per heavy atom. The number of benzene rings is 2. The monoisotopic (exact) mass is 384 g/mol. The summed E-state index contributed by atoms with van der Waals surface area (Å²) in [6.45, 7) is 1.83.